The van der Waals surface area contributed by atoms with E-state index in [0.29, 0.717) is 39.5 Å². The summed E-state index contributed by atoms with van der Waals surface area (Å²) in [5.41, 5.74) is -4.32. The van der Waals surface area contributed by atoms with Gasteiger partial charge in [0.05, 0.1) is 6.42 Å². The second kappa shape index (κ2) is 9.99. The van der Waals surface area contributed by atoms with Crippen LogP contribution in [-0.4, -0.2) is 23.4 Å². The van der Waals surface area contributed by atoms with Crippen molar-refractivity contribution in [3.05, 3.63) is 95.0 Å². The van der Waals surface area contributed by atoms with Gasteiger partial charge in [-0.3, -0.25) is 4.79 Å². The summed E-state index contributed by atoms with van der Waals surface area (Å²) in [6.45, 7) is 5.08. The molecule has 2 N–H and O–H groups in total. The van der Waals surface area contributed by atoms with Gasteiger partial charge in [-0.2, -0.15) is 26.3 Å². The highest BCUT2D eigenvalue weighted by atomic mass is 35.5. The monoisotopic (exact) mass is 527 g/mol. The Hall–Kier alpha value is -3.30. The second-order valence-electron chi connectivity index (χ2n) is 8.18. The smallest absolute Gasteiger partial charge is 0.369 e. The van der Waals surface area contributed by atoms with Crippen LogP contribution in [0.3, 0.4) is 0 Å². The quantitative estimate of drug-likeness (QED) is 0.325. The first-order chi connectivity index (χ1) is 16.6. The fourth-order valence-corrected chi connectivity index (χ4v) is 3.85. The minimum atomic E-state index is -6.00. The van der Waals surface area contributed by atoms with Gasteiger partial charge in [0.2, 0.25) is 5.91 Å². The first-order valence-corrected chi connectivity index (χ1v) is 10.8. The molecule has 0 aliphatic heterocycles. The highest BCUT2D eigenvalue weighted by Gasteiger charge is 2.71. The molecule has 0 aromatic heterocycles. The van der Waals surface area contributed by atoms with Gasteiger partial charge < -0.3 is 10.4 Å². The third-order valence-electron chi connectivity index (χ3n) is 5.45. The fraction of sp³-hybridized carbons (Fsp3) is 0.192. The molecule has 36 heavy (non-hydrogen) atoms. The van der Waals surface area contributed by atoms with Gasteiger partial charge in [0, 0.05) is 16.3 Å². The molecule has 0 bridgehead atoms. The third-order valence-corrected chi connectivity index (χ3v) is 5.69. The van der Waals surface area contributed by atoms with Crippen molar-refractivity contribution >= 4 is 28.8 Å². The van der Waals surface area contributed by atoms with E-state index in [2.05, 4.69) is 11.9 Å². The summed E-state index contributed by atoms with van der Waals surface area (Å²) in [6.07, 6.45) is -11.9. The second-order valence-corrected chi connectivity index (χ2v) is 8.62. The molecule has 0 atom stereocenters. The molecule has 0 aliphatic rings. The van der Waals surface area contributed by atoms with Gasteiger partial charge in [0.25, 0.3) is 5.60 Å². The summed E-state index contributed by atoms with van der Waals surface area (Å²) < 4.78 is 79.9. The molecular weight excluding hydrogens is 508 g/mol. The summed E-state index contributed by atoms with van der Waals surface area (Å²) >= 11 is 5.92. The normalized spacial score (nSPS) is 12.4. The van der Waals surface area contributed by atoms with Gasteiger partial charge >= 0.3 is 12.4 Å². The number of benzene rings is 3. The number of amides is 1. The Kier molecular flexibility index (Phi) is 7.57. The van der Waals surface area contributed by atoms with E-state index in [9.17, 15) is 36.2 Å². The Morgan fingerprint density at radius 1 is 0.944 bits per heavy atom. The molecule has 3 rings (SSSR count). The van der Waals surface area contributed by atoms with Crippen molar-refractivity contribution < 1.29 is 36.2 Å². The molecule has 0 spiro atoms. The Morgan fingerprint density at radius 3 is 2.08 bits per heavy atom. The van der Waals surface area contributed by atoms with Crippen molar-refractivity contribution in [2.24, 2.45) is 0 Å². The van der Waals surface area contributed by atoms with Crippen LogP contribution >= 0.6 is 11.6 Å². The van der Waals surface area contributed by atoms with E-state index >= 15 is 0 Å². The lowest BCUT2D eigenvalue weighted by Gasteiger charge is -2.33. The Morgan fingerprint density at radius 2 is 1.56 bits per heavy atom. The minimum Gasteiger partial charge on any atom is -0.369 e. The zero-order chi connectivity index (χ0) is 26.9. The molecule has 1 amide bonds. The van der Waals surface area contributed by atoms with Crippen LogP contribution in [0, 0.1) is 0 Å². The summed E-state index contributed by atoms with van der Waals surface area (Å²) in [5, 5.41) is 12.9. The van der Waals surface area contributed by atoms with E-state index in [1.165, 1.54) is 6.92 Å². The highest BCUT2D eigenvalue weighted by molar-refractivity contribution is 6.30. The fourth-order valence-electron chi connectivity index (χ4n) is 3.63. The molecule has 3 aromatic carbocycles. The number of allylic oxidation sites excluding steroid dienone is 1. The van der Waals surface area contributed by atoms with Crippen LogP contribution in [-0.2, 0) is 16.8 Å². The highest BCUT2D eigenvalue weighted by Crippen LogP contribution is 2.50. The molecule has 0 saturated heterocycles. The van der Waals surface area contributed by atoms with Gasteiger partial charge in [0.15, 0.2) is 0 Å². The molecule has 0 saturated carbocycles. The standard InChI is InChI=1S/C26H20ClF6NO2/c1-15(2)22-14-18(24(36,25(28,29)30)26(31,32)33)8-11-21(22)17-6-9-20(10-7-17)34-23(35)13-16-4-3-5-19(27)12-16/h3-12,14,36H,1,13H2,2H3,(H,34,35). The van der Waals surface area contributed by atoms with Gasteiger partial charge in [0.1, 0.15) is 0 Å². The van der Waals surface area contributed by atoms with Crippen LogP contribution in [0.4, 0.5) is 32.0 Å². The van der Waals surface area contributed by atoms with Crippen molar-refractivity contribution in [1.82, 2.24) is 0 Å². The number of anilines is 1. The van der Waals surface area contributed by atoms with Crippen LogP contribution in [0.1, 0.15) is 23.6 Å². The SMILES string of the molecule is C=C(C)c1cc(C(O)(C(F)(F)F)C(F)(F)F)ccc1-c1ccc(NC(=O)Cc2cccc(Cl)c2)cc1. The number of halogens is 7. The van der Waals surface area contributed by atoms with Crippen LogP contribution in [0.25, 0.3) is 16.7 Å². The maximum atomic E-state index is 13.3. The van der Waals surface area contributed by atoms with Crippen molar-refractivity contribution in [3.8, 4) is 11.1 Å². The number of carbonyl (C=O) groups excluding carboxylic acids is 1. The first kappa shape index (κ1) is 27.3. The number of rotatable bonds is 6. The van der Waals surface area contributed by atoms with Crippen molar-refractivity contribution in [1.29, 1.82) is 0 Å². The largest absolute Gasteiger partial charge is 0.430 e. The maximum Gasteiger partial charge on any atom is 0.430 e. The molecule has 190 valence electrons. The summed E-state index contributed by atoms with van der Waals surface area (Å²) in [6, 6.07) is 15.3. The van der Waals surface area contributed by atoms with Crippen molar-refractivity contribution in [2.75, 3.05) is 5.32 Å². The lowest BCUT2D eigenvalue weighted by atomic mass is 9.86. The summed E-state index contributed by atoms with van der Waals surface area (Å²) in [7, 11) is 0. The predicted molar refractivity (Wildman–Crippen MR) is 126 cm³/mol. The topological polar surface area (TPSA) is 49.3 Å². The average Bonchev–Trinajstić information content (AvgIpc) is 2.77. The van der Waals surface area contributed by atoms with E-state index in [1.807, 2.05) is 0 Å². The Balaban J connectivity index is 1.90. The van der Waals surface area contributed by atoms with E-state index in [1.54, 1.807) is 48.5 Å². The number of hydrogen-bond donors (Lipinski definition) is 2. The van der Waals surface area contributed by atoms with Gasteiger partial charge in [-0.1, -0.05) is 60.2 Å². The molecule has 0 aliphatic carbocycles. The van der Waals surface area contributed by atoms with E-state index < -0.39 is 23.5 Å². The Bertz CT molecular complexity index is 1270. The number of alkyl halides is 6. The molecule has 3 nitrogen and oxygen atoms in total. The lowest BCUT2D eigenvalue weighted by Crippen LogP contribution is -2.53. The summed E-state index contributed by atoms with van der Waals surface area (Å²) in [5.74, 6) is -0.310. The van der Waals surface area contributed by atoms with Crippen LogP contribution in [0.2, 0.25) is 5.02 Å². The molecule has 3 aromatic rings. The van der Waals surface area contributed by atoms with Crippen molar-refractivity contribution in [2.45, 2.75) is 31.3 Å². The van der Waals surface area contributed by atoms with Crippen molar-refractivity contribution in [3.63, 3.8) is 0 Å². The zero-order valence-corrected chi connectivity index (χ0v) is 19.5. The average molecular weight is 528 g/mol. The zero-order valence-electron chi connectivity index (χ0n) is 18.8. The number of nitrogens with one attached hydrogen (secondary N) is 1. The van der Waals surface area contributed by atoms with E-state index in [4.69, 9.17) is 11.6 Å². The minimum absolute atomic E-state index is 0.00262. The lowest BCUT2D eigenvalue weighted by molar-refractivity contribution is -0.376. The van der Waals surface area contributed by atoms with Crippen LogP contribution in [0.5, 0.6) is 0 Å². The molecule has 0 radical (unpaired) electrons. The Labute approximate surface area is 208 Å². The van der Waals surface area contributed by atoms with Gasteiger partial charge in [-0.15, -0.1) is 0 Å². The van der Waals surface area contributed by atoms with Gasteiger partial charge in [-0.25, -0.2) is 0 Å². The van der Waals surface area contributed by atoms with Crippen LogP contribution in [0.15, 0.2) is 73.3 Å². The molecule has 0 fully saturated rings. The predicted octanol–water partition coefficient (Wildman–Crippen LogP) is 7.53. The number of hydrogen-bond acceptors (Lipinski definition) is 2. The third kappa shape index (κ3) is 5.57. The van der Waals surface area contributed by atoms with E-state index in [-0.39, 0.29) is 23.5 Å². The maximum absolute atomic E-state index is 13.3. The molecular formula is C26H20ClF6NO2. The van der Waals surface area contributed by atoms with Gasteiger partial charge in [-0.05, 0) is 59.5 Å². The number of carbonyl (C=O) groups is 1. The molecule has 0 heterocycles. The number of aliphatic hydroxyl groups is 1. The molecule has 10 heteroatoms. The van der Waals surface area contributed by atoms with Crippen LogP contribution < -0.4 is 5.32 Å². The van der Waals surface area contributed by atoms with E-state index in [0.717, 1.165) is 6.07 Å². The molecule has 0 unspecified atom stereocenters. The summed E-state index contributed by atoms with van der Waals surface area (Å²) in [4.78, 5) is 12.3. The first-order valence-electron chi connectivity index (χ1n) is 10.4.